The molecule has 2 aromatic rings. The average molecular weight is 412 g/mol. The Balaban J connectivity index is 1.38. The first-order chi connectivity index (χ1) is 14.4. The molecule has 0 bridgehead atoms. The Kier molecular flexibility index (Phi) is 4.98. The van der Waals surface area contributed by atoms with E-state index in [0.717, 1.165) is 28.9 Å². The van der Waals surface area contributed by atoms with E-state index in [4.69, 9.17) is 9.26 Å². The largest absolute Gasteiger partial charge is 0.454 e. The molecule has 1 fully saturated rings. The van der Waals surface area contributed by atoms with Crippen LogP contribution in [0.3, 0.4) is 0 Å². The first-order valence-electron chi connectivity index (χ1n) is 9.50. The minimum Gasteiger partial charge on any atom is -0.454 e. The van der Waals surface area contributed by atoms with Crippen molar-refractivity contribution in [1.82, 2.24) is 15.4 Å². The van der Waals surface area contributed by atoms with Crippen molar-refractivity contribution in [2.75, 3.05) is 18.5 Å². The molecule has 0 saturated carbocycles. The maximum Gasteiger partial charge on any atom is 0.326 e. The molecule has 1 atom stereocenters. The molecular weight excluding hydrogens is 392 g/mol. The van der Waals surface area contributed by atoms with E-state index in [9.17, 15) is 19.2 Å². The van der Waals surface area contributed by atoms with E-state index in [2.05, 4.69) is 15.8 Å². The molecule has 30 heavy (non-hydrogen) atoms. The molecule has 156 valence electrons. The van der Waals surface area contributed by atoms with E-state index in [1.54, 1.807) is 6.92 Å². The highest BCUT2D eigenvalue weighted by Crippen LogP contribution is 2.39. The third-order valence-corrected chi connectivity index (χ3v) is 5.20. The summed E-state index contributed by atoms with van der Waals surface area (Å²) in [7, 11) is 0. The van der Waals surface area contributed by atoms with Crippen LogP contribution in [0.4, 0.5) is 10.6 Å². The molecule has 4 rings (SSSR count). The SMILES string of the molecule is Cc1cc(NC(=O)COC(=O)CN2C(=O)N[C@]3(CCCc4ccccc43)C2=O)no1. The quantitative estimate of drug-likeness (QED) is 0.558. The predicted octanol–water partition coefficient (Wildman–Crippen LogP) is 1.25. The number of aryl methyl sites for hydroxylation is 2. The number of imide groups is 1. The Labute approximate surface area is 171 Å². The van der Waals surface area contributed by atoms with Crippen LogP contribution in [-0.2, 0) is 31.1 Å². The number of anilines is 1. The summed E-state index contributed by atoms with van der Waals surface area (Å²) in [5.74, 6) is -1.27. The summed E-state index contributed by atoms with van der Waals surface area (Å²) in [5.41, 5.74) is 0.600. The van der Waals surface area contributed by atoms with E-state index >= 15 is 0 Å². The minimum atomic E-state index is -1.16. The van der Waals surface area contributed by atoms with Gasteiger partial charge in [0.05, 0.1) is 0 Å². The van der Waals surface area contributed by atoms with Gasteiger partial charge < -0.3 is 19.9 Å². The van der Waals surface area contributed by atoms with Crippen molar-refractivity contribution in [1.29, 1.82) is 0 Å². The molecule has 0 radical (unpaired) electrons. The summed E-state index contributed by atoms with van der Waals surface area (Å²) in [6.45, 7) is 0.506. The summed E-state index contributed by atoms with van der Waals surface area (Å²) in [6.07, 6.45) is 2.02. The third kappa shape index (κ3) is 3.51. The number of nitrogens with one attached hydrogen (secondary N) is 2. The number of carbonyl (C=O) groups excluding carboxylic acids is 4. The number of benzene rings is 1. The molecule has 0 unspecified atom stereocenters. The molecule has 1 aromatic heterocycles. The number of hydrogen-bond donors (Lipinski definition) is 2. The van der Waals surface area contributed by atoms with Gasteiger partial charge in [-0.05, 0) is 37.3 Å². The number of carbonyl (C=O) groups is 4. The summed E-state index contributed by atoms with van der Waals surface area (Å²) in [5, 5.41) is 8.77. The first kappa shape index (κ1) is 19.6. The second-order valence-electron chi connectivity index (χ2n) is 7.27. The second-order valence-corrected chi connectivity index (χ2v) is 7.27. The van der Waals surface area contributed by atoms with Gasteiger partial charge >= 0.3 is 12.0 Å². The molecule has 1 spiro atoms. The molecule has 1 aliphatic heterocycles. The normalized spacial score (nSPS) is 20.1. The zero-order chi connectivity index (χ0) is 21.3. The van der Waals surface area contributed by atoms with E-state index in [1.807, 2.05) is 24.3 Å². The number of rotatable bonds is 5. The number of urea groups is 1. The molecule has 10 heteroatoms. The molecule has 1 aliphatic carbocycles. The fourth-order valence-corrected chi connectivity index (χ4v) is 3.88. The monoisotopic (exact) mass is 412 g/mol. The van der Waals surface area contributed by atoms with Crippen LogP contribution in [0.25, 0.3) is 0 Å². The Morgan fingerprint density at radius 2 is 2.13 bits per heavy atom. The number of ether oxygens (including phenoxy) is 1. The van der Waals surface area contributed by atoms with Crippen LogP contribution in [0.15, 0.2) is 34.9 Å². The maximum absolute atomic E-state index is 13.1. The van der Waals surface area contributed by atoms with Crippen molar-refractivity contribution in [3.8, 4) is 0 Å². The highest BCUT2D eigenvalue weighted by atomic mass is 16.5. The van der Waals surface area contributed by atoms with E-state index in [0.29, 0.717) is 12.2 Å². The number of amides is 4. The van der Waals surface area contributed by atoms with Crippen LogP contribution in [-0.4, -0.2) is 47.0 Å². The van der Waals surface area contributed by atoms with Crippen LogP contribution < -0.4 is 10.6 Å². The Hall–Kier alpha value is -3.69. The van der Waals surface area contributed by atoms with Crippen LogP contribution in [0.1, 0.15) is 29.7 Å². The average Bonchev–Trinajstić information content (AvgIpc) is 3.23. The van der Waals surface area contributed by atoms with E-state index in [-0.39, 0.29) is 5.82 Å². The molecule has 4 amide bonds. The topological polar surface area (TPSA) is 131 Å². The molecule has 1 aromatic carbocycles. The van der Waals surface area contributed by atoms with Crippen LogP contribution in [0, 0.1) is 6.92 Å². The van der Waals surface area contributed by atoms with Crippen LogP contribution in [0.5, 0.6) is 0 Å². The molecule has 2 N–H and O–H groups in total. The first-order valence-corrected chi connectivity index (χ1v) is 9.50. The lowest BCUT2D eigenvalue weighted by Gasteiger charge is -2.33. The van der Waals surface area contributed by atoms with Crippen LogP contribution in [0.2, 0.25) is 0 Å². The summed E-state index contributed by atoms with van der Waals surface area (Å²) >= 11 is 0. The van der Waals surface area contributed by atoms with E-state index in [1.165, 1.54) is 6.07 Å². The van der Waals surface area contributed by atoms with Crippen molar-refractivity contribution in [2.24, 2.45) is 0 Å². The van der Waals surface area contributed by atoms with Gasteiger partial charge in [-0.25, -0.2) is 4.79 Å². The lowest BCUT2D eigenvalue weighted by atomic mass is 9.76. The molecule has 1 saturated heterocycles. The van der Waals surface area contributed by atoms with Crippen molar-refractivity contribution < 1.29 is 28.4 Å². The van der Waals surface area contributed by atoms with Gasteiger partial charge in [-0.15, -0.1) is 0 Å². The zero-order valence-corrected chi connectivity index (χ0v) is 16.3. The number of esters is 1. The van der Waals surface area contributed by atoms with Crippen molar-refractivity contribution in [3.05, 3.63) is 47.2 Å². The molecule has 10 nitrogen and oxygen atoms in total. The predicted molar refractivity (Wildman–Crippen MR) is 102 cm³/mol. The Morgan fingerprint density at radius 3 is 2.90 bits per heavy atom. The highest BCUT2D eigenvalue weighted by molar-refractivity contribution is 6.09. The summed E-state index contributed by atoms with van der Waals surface area (Å²) in [6, 6.07) is 8.31. The molecular formula is C20H20N4O6. The fraction of sp³-hybridized carbons (Fsp3) is 0.350. The zero-order valence-electron chi connectivity index (χ0n) is 16.3. The smallest absolute Gasteiger partial charge is 0.326 e. The van der Waals surface area contributed by atoms with Gasteiger partial charge in [0.15, 0.2) is 12.4 Å². The number of fused-ring (bicyclic) bond motifs is 2. The second kappa shape index (κ2) is 7.62. The van der Waals surface area contributed by atoms with Crippen molar-refractivity contribution in [3.63, 3.8) is 0 Å². The lowest BCUT2D eigenvalue weighted by molar-refractivity contribution is -0.150. The van der Waals surface area contributed by atoms with Crippen molar-refractivity contribution >= 4 is 29.6 Å². The number of aromatic nitrogens is 1. The minimum absolute atomic E-state index is 0.195. The maximum atomic E-state index is 13.1. The van der Waals surface area contributed by atoms with E-state index < -0.39 is 42.5 Å². The van der Waals surface area contributed by atoms with Gasteiger partial charge in [0.1, 0.15) is 17.8 Å². The van der Waals surface area contributed by atoms with Gasteiger partial charge in [0.25, 0.3) is 11.8 Å². The molecule has 2 aliphatic rings. The fourth-order valence-electron chi connectivity index (χ4n) is 3.88. The van der Waals surface area contributed by atoms with Gasteiger partial charge in [0, 0.05) is 6.07 Å². The van der Waals surface area contributed by atoms with Gasteiger partial charge in [-0.1, -0.05) is 29.4 Å². The molecule has 2 heterocycles. The third-order valence-electron chi connectivity index (χ3n) is 5.20. The number of nitrogens with zero attached hydrogens (tertiary/aromatic N) is 2. The summed E-state index contributed by atoms with van der Waals surface area (Å²) < 4.78 is 9.73. The Morgan fingerprint density at radius 1 is 1.33 bits per heavy atom. The highest BCUT2D eigenvalue weighted by Gasteiger charge is 2.54. The van der Waals surface area contributed by atoms with Gasteiger partial charge in [-0.2, -0.15) is 0 Å². The lowest BCUT2D eigenvalue weighted by Crippen LogP contribution is -2.46. The van der Waals surface area contributed by atoms with Gasteiger partial charge in [0.2, 0.25) is 0 Å². The number of hydrogen-bond acceptors (Lipinski definition) is 7. The Bertz CT molecular complexity index is 1030. The van der Waals surface area contributed by atoms with Crippen LogP contribution >= 0.6 is 0 Å². The summed E-state index contributed by atoms with van der Waals surface area (Å²) in [4.78, 5) is 50.4. The standard InChI is InChI=1S/C20H20N4O6/c1-12-9-15(23-30-12)21-16(25)11-29-17(26)10-24-18(27)20(22-19(24)28)8-4-6-13-5-2-3-7-14(13)20/h2-3,5,7,9H,4,6,8,10-11H2,1H3,(H,22,28)(H,21,23,25)/t20-/m0/s1. The van der Waals surface area contributed by atoms with Gasteiger partial charge in [-0.3, -0.25) is 19.3 Å². The van der Waals surface area contributed by atoms with Crippen molar-refractivity contribution in [2.45, 2.75) is 31.7 Å².